The van der Waals surface area contributed by atoms with E-state index in [0.717, 1.165) is 0 Å². The molecular weight excluding hydrogens is 416 g/mol. The third kappa shape index (κ3) is 4.24. The SMILES string of the molecule is CN(C)C(=O)c1cc(Nc2nc3cccc(-c4cccc(S(C)(=O)=O)c4)n3n2)ccn1. The second-order valence-corrected chi connectivity index (χ2v) is 9.19. The van der Waals surface area contributed by atoms with Crippen LogP contribution < -0.4 is 5.32 Å². The molecule has 1 aromatic carbocycles. The van der Waals surface area contributed by atoms with Gasteiger partial charge in [-0.2, -0.15) is 4.98 Å². The van der Waals surface area contributed by atoms with Crippen LogP contribution in [0, 0.1) is 0 Å². The summed E-state index contributed by atoms with van der Waals surface area (Å²) >= 11 is 0. The Morgan fingerprint density at radius 2 is 1.84 bits per heavy atom. The Bertz CT molecular complexity index is 1400. The topological polar surface area (TPSA) is 110 Å². The van der Waals surface area contributed by atoms with Gasteiger partial charge in [0.2, 0.25) is 5.95 Å². The van der Waals surface area contributed by atoms with Crippen molar-refractivity contribution in [1.29, 1.82) is 0 Å². The number of aromatic nitrogens is 4. The van der Waals surface area contributed by atoms with Crippen LogP contribution in [0.1, 0.15) is 10.5 Å². The minimum atomic E-state index is -3.33. The first-order valence-corrected chi connectivity index (χ1v) is 11.2. The van der Waals surface area contributed by atoms with Crippen molar-refractivity contribution in [2.24, 2.45) is 0 Å². The summed E-state index contributed by atoms with van der Waals surface area (Å²) in [5.41, 5.74) is 2.91. The molecule has 0 unspecified atom stereocenters. The van der Waals surface area contributed by atoms with E-state index < -0.39 is 9.84 Å². The van der Waals surface area contributed by atoms with Gasteiger partial charge in [0.05, 0.1) is 10.6 Å². The molecule has 4 rings (SSSR count). The van der Waals surface area contributed by atoms with Crippen molar-refractivity contribution in [3.8, 4) is 11.3 Å². The molecular formula is C21H20N6O3S. The van der Waals surface area contributed by atoms with E-state index in [2.05, 4.69) is 20.4 Å². The highest BCUT2D eigenvalue weighted by Crippen LogP contribution is 2.24. The van der Waals surface area contributed by atoms with Crippen LogP contribution in [-0.4, -0.2) is 59.2 Å². The fourth-order valence-electron chi connectivity index (χ4n) is 3.05. The van der Waals surface area contributed by atoms with Gasteiger partial charge < -0.3 is 10.2 Å². The number of nitrogens with one attached hydrogen (secondary N) is 1. The van der Waals surface area contributed by atoms with E-state index in [1.54, 1.807) is 55.0 Å². The molecule has 0 aliphatic heterocycles. The van der Waals surface area contributed by atoms with Crippen LogP contribution in [0.15, 0.2) is 65.7 Å². The second kappa shape index (κ2) is 7.80. The van der Waals surface area contributed by atoms with Crippen molar-refractivity contribution in [2.45, 2.75) is 4.90 Å². The van der Waals surface area contributed by atoms with E-state index >= 15 is 0 Å². The van der Waals surface area contributed by atoms with Crippen molar-refractivity contribution in [2.75, 3.05) is 25.7 Å². The van der Waals surface area contributed by atoms with Crippen molar-refractivity contribution in [3.63, 3.8) is 0 Å². The fourth-order valence-corrected chi connectivity index (χ4v) is 3.71. The Kier molecular flexibility index (Phi) is 5.15. The maximum Gasteiger partial charge on any atom is 0.272 e. The maximum absolute atomic E-state index is 12.1. The van der Waals surface area contributed by atoms with Gasteiger partial charge in [0.25, 0.3) is 5.91 Å². The third-order valence-electron chi connectivity index (χ3n) is 4.56. The third-order valence-corrected chi connectivity index (χ3v) is 5.67. The molecule has 4 aromatic rings. The molecule has 0 atom stereocenters. The normalized spacial score (nSPS) is 11.5. The van der Waals surface area contributed by atoms with Crippen molar-refractivity contribution in [3.05, 3.63) is 66.5 Å². The zero-order valence-electron chi connectivity index (χ0n) is 17.1. The number of sulfone groups is 1. The predicted molar refractivity (Wildman–Crippen MR) is 117 cm³/mol. The minimum absolute atomic E-state index is 0.209. The summed E-state index contributed by atoms with van der Waals surface area (Å²) in [6, 6.07) is 15.5. The Morgan fingerprint density at radius 1 is 1.06 bits per heavy atom. The fraction of sp³-hybridized carbons (Fsp3) is 0.143. The van der Waals surface area contributed by atoms with E-state index in [9.17, 15) is 13.2 Å². The van der Waals surface area contributed by atoms with E-state index in [4.69, 9.17) is 0 Å². The molecule has 31 heavy (non-hydrogen) atoms. The largest absolute Gasteiger partial charge is 0.343 e. The van der Waals surface area contributed by atoms with Gasteiger partial charge in [-0.3, -0.25) is 9.78 Å². The molecule has 0 saturated heterocycles. The van der Waals surface area contributed by atoms with E-state index in [1.807, 2.05) is 18.2 Å². The van der Waals surface area contributed by atoms with Crippen molar-refractivity contribution >= 4 is 33.0 Å². The highest BCUT2D eigenvalue weighted by Gasteiger charge is 2.14. The lowest BCUT2D eigenvalue weighted by Crippen LogP contribution is -2.22. The van der Waals surface area contributed by atoms with Crippen molar-refractivity contribution in [1.82, 2.24) is 24.5 Å². The molecule has 1 amide bonds. The molecule has 0 saturated carbocycles. The number of benzene rings is 1. The zero-order chi connectivity index (χ0) is 22.2. The number of pyridine rings is 2. The summed E-state index contributed by atoms with van der Waals surface area (Å²) < 4.78 is 25.5. The average Bonchev–Trinajstić information content (AvgIpc) is 3.15. The first-order chi connectivity index (χ1) is 14.7. The summed E-state index contributed by atoms with van der Waals surface area (Å²) in [5, 5.41) is 7.61. The van der Waals surface area contributed by atoms with Crippen LogP contribution in [-0.2, 0) is 9.84 Å². The quantitative estimate of drug-likeness (QED) is 0.512. The standard InChI is InChI=1S/C21H20N6O3S/c1-26(2)20(28)17-13-15(10-11-22-17)23-21-24-19-9-5-8-18(27(19)25-21)14-6-4-7-16(12-14)31(3,29)30/h4-13H,1-3H3,(H,22,23,25). The van der Waals surface area contributed by atoms with Crippen LogP contribution in [0.2, 0.25) is 0 Å². The molecule has 0 spiro atoms. The van der Waals surface area contributed by atoms with Crippen LogP contribution in [0.25, 0.3) is 16.9 Å². The van der Waals surface area contributed by atoms with Gasteiger partial charge in [-0.25, -0.2) is 12.9 Å². The Balaban J connectivity index is 1.71. The van der Waals surface area contributed by atoms with E-state index in [1.165, 1.54) is 17.4 Å². The lowest BCUT2D eigenvalue weighted by atomic mass is 10.1. The molecule has 3 aromatic heterocycles. The summed E-state index contributed by atoms with van der Waals surface area (Å²) in [4.78, 5) is 22.4. The van der Waals surface area contributed by atoms with Gasteiger partial charge in [-0.05, 0) is 36.4 Å². The average molecular weight is 436 g/mol. The van der Waals surface area contributed by atoms with Crippen LogP contribution in [0.4, 0.5) is 11.6 Å². The molecule has 0 bridgehead atoms. The predicted octanol–water partition coefficient (Wildman–Crippen LogP) is 2.64. The number of nitrogens with zero attached hydrogens (tertiary/aromatic N) is 5. The van der Waals surface area contributed by atoms with Gasteiger partial charge in [-0.1, -0.05) is 18.2 Å². The summed E-state index contributed by atoms with van der Waals surface area (Å²) in [5.74, 6) is 0.126. The number of hydrogen-bond donors (Lipinski definition) is 1. The number of hydrogen-bond acceptors (Lipinski definition) is 7. The van der Waals surface area contributed by atoms with Gasteiger partial charge in [0.15, 0.2) is 15.5 Å². The van der Waals surface area contributed by atoms with Gasteiger partial charge in [0.1, 0.15) is 5.69 Å². The smallest absolute Gasteiger partial charge is 0.272 e. The molecule has 0 aliphatic carbocycles. The molecule has 1 N–H and O–H groups in total. The molecule has 0 radical (unpaired) electrons. The first-order valence-electron chi connectivity index (χ1n) is 9.33. The van der Waals surface area contributed by atoms with Gasteiger partial charge in [0, 0.05) is 37.8 Å². The number of amides is 1. The summed E-state index contributed by atoms with van der Waals surface area (Å²) in [6.07, 6.45) is 2.71. The van der Waals surface area contributed by atoms with Gasteiger partial charge in [-0.15, -0.1) is 5.10 Å². The first kappa shape index (κ1) is 20.5. The Hall–Kier alpha value is -3.79. The number of rotatable bonds is 5. The van der Waals surface area contributed by atoms with Gasteiger partial charge >= 0.3 is 0 Å². The molecule has 9 nitrogen and oxygen atoms in total. The van der Waals surface area contributed by atoms with E-state index in [-0.39, 0.29) is 10.8 Å². The summed E-state index contributed by atoms with van der Waals surface area (Å²) in [7, 11) is -0.0124. The van der Waals surface area contributed by atoms with Crippen molar-refractivity contribution < 1.29 is 13.2 Å². The Morgan fingerprint density at radius 3 is 2.58 bits per heavy atom. The molecule has 0 aliphatic rings. The number of fused-ring (bicyclic) bond motifs is 1. The van der Waals surface area contributed by atoms with Crippen LogP contribution in [0.3, 0.4) is 0 Å². The Labute approximate surface area is 179 Å². The molecule has 158 valence electrons. The maximum atomic E-state index is 12.1. The highest BCUT2D eigenvalue weighted by atomic mass is 32.2. The molecule has 3 heterocycles. The molecule has 0 fully saturated rings. The minimum Gasteiger partial charge on any atom is -0.343 e. The summed E-state index contributed by atoms with van der Waals surface area (Å²) in [6.45, 7) is 0. The second-order valence-electron chi connectivity index (χ2n) is 7.17. The van der Waals surface area contributed by atoms with E-state index in [0.29, 0.717) is 34.2 Å². The van der Waals surface area contributed by atoms with Crippen LogP contribution in [0.5, 0.6) is 0 Å². The monoisotopic (exact) mass is 436 g/mol. The number of carbonyl (C=O) groups excluding carboxylic acids is 1. The number of carbonyl (C=O) groups is 1. The highest BCUT2D eigenvalue weighted by molar-refractivity contribution is 7.90. The zero-order valence-corrected chi connectivity index (χ0v) is 18.0. The number of anilines is 2. The lowest BCUT2D eigenvalue weighted by Gasteiger charge is -2.10. The lowest BCUT2D eigenvalue weighted by molar-refractivity contribution is 0.0822. The molecule has 10 heteroatoms. The van der Waals surface area contributed by atoms with Crippen LogP contribution >= 0.6 is 0 Å².